The topological polar surface area (TPSA) is 71.2 Å². The molecule has 0 unspecified atom stereocenters. The number of benzene rings is 1. The van der Waals surface area contributed by atoms with Crippen LogP contribution in [0.5, 0.6) is 0 Å². The summed E-state index contributed by atoms with van der Waals surface area (Å²) in [5.41, 5.74) is 2.03. The Kier molecular flexibility index (Phi) is 4.12. The van der Waals surface area contributed by atoms with E-state index in [0.29, 0.717) is 22.3 Å². The van der Waals surface area contributed by atoms with Crippen molar-refractivity contribution in [3.63, 3.8) is 0 Å². The third kappa shape index (κ3) is 2.53. The SMILES string of the molecule is C=C/C=C(\C(O)=C(/C=C)CO)n1nc2ccccc2n1. The van der Waals surface area contributed by atoms with Gasteiger partial charge in [-0.15, -0.1) is 15.0 Å². The lowest BCUT2D eigenvalue weighted by Crippen LogP contribution is -2.07. The van der Waals surface area contributed by atoms with Gasteiger partial charge in [-0.3, -0.25) is 0 Å². The van der Waals surface area contributed by atoms with E-state index >= 15 is 0 Å². The molecule has 0 fully saturated rings. The Hall–Kier alpha value is -2.66. The van der Waals surface area contributed by atoms with Crippen LogP contribution in [0.15, 0.2) is 67.0 Å². The standard InChI is InChI=1S/C15H15N3O2/c1-3-7-14(15(20)11(4-2)10-19)18-16-12-8-5-6-9-13(12)17-18/h3-9,19-20H,1-2,10H2/b14-7+,15-11-. The summed E-state index contributed by atoms with van der Waals surface area (Å²) in [5, 5.41) is 28.0. The summed E-state index contributed by atoms with van der Waals surface area (Å²) in [7, 11) is 0. The maximum Gasteiger partial charge on any atom is 0.148 e. The predicted molar refractivity (Wildman–Crippen MR) is 78.9 cm³/mol. The minimum atomic E-state index is -0.329. The lowest BCUT2D eigenvalue weighted by atomic mass is 10.2. The zero-order chi connectivity index (χ0) is 14.5. The van der Waals surface area contributed by atoms with Crippen LogP contribution in [0.3, 0.4) is 0 Å². The first-order chi connectivity index (χ1) is 9.71. The van der Waals surface area contributed by atoms with Gasteiger partial charge in [-0.25, -0.2) is 0 Å². The molecule has 0 saturated heterocycles. The van der Waals surface area contributed by atoms with Gasteiger partial charge in [0.2, 0.25) is 0 Å². The summed E-state index contributed by atoms with van der Waals surface area (Å²) in [6, 6.07) is 7.37. The van der Waals surface area contributed by atoms with E-state index in [1.807, 2.05) is 24.3 Å². The molecule has 2 aromatic rings. The van der Waals surface area contributed by atoms with Crippen LogP contribution in [0.25, 0.3) is 16.7 Å². The van der Waals surface area contributed by atoms with Crippen LogP contribution >= 0.6 is 0 Å². The lowest BCUT2D eigenvalue weighted by molar-refractivity contribution is 0.322. The maximum atomic E-state index is 10.2. The fraction of sp³-hybridized carbons (Fsp3) is 0.0667. The molecule has 5 nitrogen and oxygen atoms in total. The summed E-state index contributed by atoms with van der Waals surface area (Å²) in [6.45, 7) is 6.83. The van der Waals surface area contributed by atoms with Gasteiger partial charge in [-0.05, 0) is 18.2 Å². The van der Waals surface area contributed by atoms with Gasteiger partial charge in [-0.2, -0.15) is 0 Å². The molecule has 102 valence electrons. The molecule has 0 atom stereocenters. The molecule has 20 heavy (non-hydrogen) atoms. The molecule has 0 radical (unpaired) electrons. The third-order valence-electron chi connectivity index (χ3n) is 2.74. The Morgan fingerprint density at radius 1 is 1.20 bits per heavy atom. The van der Waals surface area contributed by atoms with Crippen molar-refractivity contribution in [2.24, 2.45) is 0 Å². The van der Waals surface area contributed by atoms with E-state index in [2.05, 4.69) is 23.4 Å². The molecule has 0 bridgehead atoms. The highest BCUT2D eigenvalue weighted by atomic mass is 16.3. The number of nitrogens with zero attached hydrogens (tertiary/aromatic N) is 3. The van der Waals surface area contributed by atoms with E-state index in [1.165, 1.54) is 16.9 Å². The molecule has 2 N–H and O–H groups in total. The highest BCUT2D eigenvalue weighted by Gasteiger charge is 2.13. The minimum Gasteiger partial charge on any atom is -0.505 e. The van der Waals surface area contributed by atoms with Crippen molar-refractivity contribution in [1.82, 2.24) is 15.0 Å². The van der Waals surface area contributed by atoms with Gasteiger partial charge < -0.3 is 10.2 Å². The van der Waals surface area contributed by atoms with Crippen LogP contribution in [0.2, 0.25) is 0 Å². The Labute approximate surface area is 116 Å². The highest BCUT2D eigenvalue weighted by Crippen LogP contribution is 2.19. The van der Waals surface area contributed by atoms with Crippen LogP contribution in [0.1, 0.15) is 0 Å². The van der Waals surface area contributed by atoms with Crippen molar-refractivity contribution in [3.05, 3.63) is 67.0 Å². The quantitative estimate of drug-likeness (QED) is 0.646. The maximum absolute atomic E-state index is 10.2. The van der Waals surface area contributed by atoms with Gasteiger partial charge in [-0.1, -0.05) is 37.4 Å². The van der Waals surface area contributed by atoms with E-state index in [4.69, 9.17) is 0 Å². The molecule has 1 aromatic carbocycles. The normalized spacial score (nSPS) is 13.2. The number of fused-ring (bicyclic) bond motifs is 1. The van der Waals surface area contributed by atoms with Gasteiger partial charge in [0.15, 0.2) is 0 Å². The summed E-state index contributed by atoms with van der Waals surface area (Å²) < 4.78 is 0. The van der Waals surface area contributed by atoms with Crippen LogP contribution in [-0.4, -0.2) is 31.8 Å². The van der Waals surface area contributed by atoms with E-state index in [0.717, 1.165) is 0 Å². The molecule has 1 aromatic heterocycles. The second-order valence-corrected chi connectivity index (χ2v) is 4.00. The molecular weight excluding hydrogens is 254 g/mol. The summed E-state index contributed by atoms with van der Waals surface area (Å²) in [4.78, 5) is 1.31. The van der Waals surface area contributed by atoms with E-state index in [-0.39, 0.29) is 12.4 Å². The second-order valence-electron chi connectivity index (χ2n) is 4.00. The van der Waals surface area contributed by atoms with Crippen LogP contribution < -0.4 is 0 Å². The molecule has 0 aliphatic heterocycles. The fourth-order valence-electron chi connectivity index (χ4n) is 1.72. The van der Waals surface area contributed by atoms with Crippen molar-refractivity contribution in [2.45, 2.75) is 0 Å². The van der Waals surface area contributed by atoms with Gasteiger partial charge in [0.1, 0.15) is 22.5 Å². The zero-order valence-electron chi connectivity index (χ0n) is 10.9. The molecule has 0 amide bonds. The van der Waals surface area contributed by atoms with Crippen molar-refractivity contribution in [3.8, 4) is 0 Å². The number of rotatable bonds is 5. The second kappa shape index (κ2) is 5.99. The Bertz CT molecular complexity index is 678. The van der Waals surface area contributed by atoms with Crippen LogP contribution in [0, 0.1) is 0 Å². The summed E-state index contributed by atoms with van der Waals surface area (Å²) in [5.74, 6) is -0.136. The number of aromatic nitrogens is 3. The summed E-state index contributed by atoms with van der Waals surface area (Å²) in [6.07, 6.45) is 4.46. The number of hydrogen-bond acceptors (Lipinski definition) is 4. The first-order valence-corrected chi connectivity index (χ1v) is 6.02. The Balaban J connectivity index is 2.59. The molecule has 2 rings (SSSR count). The monoisotopic (exact) mass is 269 g/mol. The average molecular weight is 269 g/mol. The molecule has 0 aliphatic rings. The number of aliphatic hydroxyl groups excluding tert-OH is 2. The largest absolute Gasteiger partial charge is 0.505 e. The summed E-state index contributed by atoms with van der Waals surface area (Å²) >= 11 is 0. The fourth-order valence-corrected chi connectivity index (χ4v) is 1.72. The predicted octanol–water partition coefficient (Wildman–Crippen LogP) is 2.45. The molecule has 0 aliphatic carbocycles. The first kappa shape index (κ1) is 13.8. The van der Waals surface area contributed by atoms with Crippen molar-refractivity contribution >= 4 is 16.7 Å². The molecule has 0 saturated carbocycles. The molecule has 5 heteroatoms. The van der Waals surface area contributed by atoms with Gasteiger partial charge in [0.05, 0.1) is 6.61 Å². The van der Waals surface area contributed by atoms with E-state index < -0.39 is 0 Å². The van der Waals surface area contributed by atoms with Crippen molar-refractivity contribution in [1.29, 1.82) is 0 Å². The molecule has 1 heterocycles. The van der Waals surface area contributed by atoms with Crippen LogP contribution in [-0.2, 0) is 0 Å². The minimum absolute atomic E-state index is 0.136. The lowest BCUT2D eigenvalue weighted by Gasteiger charge is -2.07. The number of allylic oxidation sites excluding steroid dienone is 3. The average Bonchev–Trinajstić information content (AvgIpc) is 2.89. The first-order valence-electron chi connectivity index (χ1n) is 6.02. The zero-order valence-corrected chi connectivity index (χ0v) is 10.9. The van der Waals surface area contributed by atoms with Gasteiger partial charge in [0, 0.05) is 5.57 Å². The van der Waals surface area contributed by atoms with Gasteiger partial charge in [0.25, 0.3) is 0 Å². The molecular formula is C15H15N3O2. The van der Waals surface area contributed by atoms with Gasteiger partial charge >= 0.3 is 0 Å². The molecule has 0 spiro atoms. The van der Waals surface area contributed by atoms with E-state index in [9.17, 15) is 10.2 Å². The number of aliphatic hydroxyl groups is 2. The third-order valence-corrected chi connectivity index (χ3v) is 2.74. The Morgan fingerprint density at radius 2 is 1.80 bits per heavy atom. The number of hydrogen-bond donors (Lipinski definition) is 2. The van der Waals surface area contributed by atoms with E-state index in [1.54, 1.807) is 6.08 Å². The highest BCUT2D eigenvalue weighted by molar-refractivity contribution is 5.75. The van der Waals surface area contributed by atoms with Crippen molar-refractivity contribution in [2.75, 3.05) is 6.61 Å². The smallest absolute Gasteiger partial charge is 0.148 e. The van der Waals surface area contributed by atoms with Crippen molar-refractivity contribution < 1.29 is 10.2 Å². The van der Waals surface area contributed by atoms with Crippen LogP contribution in [0.4, 0.5) is 0 Å². The Morgan fingerprint density at radius 3 is 2.25 bits per heavy atom.